The molecule has 0 N–H and O–H groups in total. The predicted molar refractivity (Wildman–Crippen MR) is 128 cm³/mol. The molecule has 1 fully saturated rings. The van der Waals surface area contributed by atoms with Crippen molar-refractivity contribution >= 4 is 51.4 Å². The van der Waals surface area contributed by atoms with Gasteiger partial charge >= 0.3 is 0 Å². The van der Waals surface area contributed by atoms with Gasteiger partial charge in [-0.2, -0.15) is 0 Å². The van der Waals surface area contributed by atoms with Crippen LogP contribution in [0.3, 0.4) is 0 Å². The third kappa shape index (κ3) is 3.98. The van der Waals surface area contributed by atoms with Crippen LogP contribution < -0.4 is 4.74 Å². The highest BCUT2D eigenvalue weighted by Gasteiger charge is 2.28. The number of amides is 1. The van der Waals surface area contributed by atoms with Gasteiger partial charge in [-0.05, 0) is 37.1 Å². The van der Waals surface area contributed by atoms with Crippen molar-refractivity contribution in [1.29, 1.82) is 0 Å². The van der Waals surface area contributed by atoms with Gasteiger partial charge in [-0.15, -0.1) is 11.3 Å². The van der Waals surface area contributed by atoms with Gasteiger partial charge in [-0.3, -0.25) is 4.79 Å². The van der Waals surface area contributed by atoms with E-state index in [-0.39, 0.29) is 5.91 Å². The van der Waals surface area contributed by atoms with Crippen LogP contribution >= 0.6 is 34.5 Å². The van der Waals surface area contributed by atoms with E-state index in [2.05, 4.69) is 0 Å². The lowest BCUT2D eigenvalue weighted by molar-refractivity contribution is 0.0683. The number of para-hydroxylation sites is 1. The van der Waals surface area contributed by atoms with E-state index in [4.69, 9.17) is 37.3 Å². The molecule has 1 aliphatic rings. The number of thiazole rings is 1. The van der Waals surface area contributed by atoms with E-state index in [9.17, 15) is 4.79 Å². The van der Waals surface area contributed by atoms with Gasteiger partial charge in [0.1, 0.15) is 0 Å². The van der Waals surface area contributed by atoms with E-state index in [0.717, 1.165) is 34.5 Å². The first-order chi connectivity index (χ1) is 15.5. The molecule has 1 aliphatic heterocycles. The Balaban J connectivity index is 1.27. The number of hydrogen-bond donors (Lipinski definition) is 0. The number of methoxy groups -OCH3 is 1. The fourth-order valence-corrected chi connectivity index (χ4v) is 5.35. The number of halogens is 2. The van der Waals surface area contributed by atoms with E-state index in [1.807, 2.05) is 40.6 Å². The second-order valence-electron chi connectivity index (χ2n) is 7.76. The summed E-state index contributed by atoms with van der Waals surface area (Å²) in [5, 5.41) is 5.06. The number of benzene rings is 2. The molecule has 0 spiro atoms. The van der Waals surface area contributed by atoms with Gasteiger partial charge in [0, 0.05) is 35.3 Å². The first kappa shape index (κ1) is 21.3. The molecule has 0 unspecified atom stereocenters. The van der Waals surface area contributed by atoms with Crippen LogP contribution in [0.2, 0.25) is 10.0 Å². The Labute approximate surface area is 199 Å². The first-order valence-electron chi connectivity index (χ1n) is 10.3. The van der Waals surface area contributed by atoms with Crippen molar-refractivity contribution in [1.82, 2.24) is 9.88 Å². The number of likely N-dealkylation sites (tertiary alicyclic amines) is 1. The Morgan fingerprint density at radius 2 is 1.97 bits per heavy atom. The number of fused-ring (bicyclic) bond motifs is 1. The molecule has 164 valence electrons. The van der Waals surface area contributed by atoms with Crippen molar-refractivity contribution in [3.63, 3.8) is 0 Å². The zero-order valence-electron chi connectivity index (χ0n) is 17.3. The molecule has 4 aromatic rings. The summed E-state index contributed by atoms with van der Waals surface area (Å²) >= 11 is 13.8. The van der Waals surface area contributed by atoms with Gasteiger partial charge in [0.2, 0.25) is 0 Å². The van der Waals surface area contributed by atoms with Crippen molar-refractivity contribution in [3.8, 4) is 17.0 Å². The number of hydrogen-bond acceptors (Lipinski definition) is 5. The van der Waals surface area contributed by atoms with Gasteiger partial charge in [-0.25, -0.2) is 4.98 Å². The molecule has 0 aliphatic carbocycles. The van der Waals surface area contributed by atoms with Crippen molar-refractivity contribution in [2.24, 2.45) is 0 Å². The highest BCUT2D eigenvalue weighted by Crippen LogP contribution is 2.35. The van der Waals surface area contributed by atoms with Gasteiger partial charge < -0.3 is 14.1 Å². The number of aromatic nitrogens is 1. The fraction of sp³-hybridized carbons (Fsp3) is 0.250. The van der Waals surface area contributed by atoms with Gasteiger partial charge in [-0.1, -0.05) is 41.4 Å². The molecule has 0 atom stereocenters. The number of carbonyl (C=O) groups is 1. The minimum Gasteiger partial charge on any atom is -0.493 e. The molecule has 8 heteroatoms. The van der Waals surface area contributed by atoms with Crippen molar-refractivity contribution in [3.05, 3.63) is 68.7 Å². The van der Waals surface area contributed by atoms with Crippen LogP contribution in [-0.2, 0) is 0 Å². The fourth-order valence-electron chi connectivity index (χ4n) is 4.05. The summed E-state index contributed by atoms with van der Waals surface area (Å²) in [6.07, 6.45) is 1.73. The van der Waals surface area contributed by atoms with Gasteiger partial charge in [0.25, 0.3) is 5.91 Å². The lowest BCUT2D eigenvalue weighted by Gasteiger charge is -2.30. The minimum absolute atomic E-state index is 0.0858. The van der Waals surface area contributed by atoms with Crippen LogP contribution in [0.15, 0.2) is 52.3 Å². The Morgan fingerprint density at radius 1 is 1.16 bits per heavy atom. The molecule has 3 heterocycles. The smallest absolute Gasteiger partial charge is 0.289 e. The second kappa shape index (κ2) is 8.77. The molecule has 5 rings (SSSR count). The number of rotatable bonds is 4. The van der Waals surface area contributed by atoms with Crippen LogP contribution in [0.5, 0.6) is 5.75 Å². The van der Waals surface area contributed by atoms with Crippen LogP contribution in [0.25, 0.3) is 22.2 Å². The van der Waals surface area contributed by atoms with Gasteiger partial charge in [0.15, 0.2) is 17.1 Å². The molecule has 1 amide bonds. The topological polar surface area (TPSA) is 55.6 Å². The van der Waals surface area contributed by atoms with Gasteiger partial charge in [0.05, 0.1) is 27.9 Å². The summed E-state index contributed by atoms with van der Waals surface area (Å²) in [5.41, 5.74) is 2.46. The lowest BCUT2D eigenvalue weighted by atomic mass is 9.97. The van der Waals surface area contributed by atoms with E-state index >= 15 is 0 Å². The first-order valence-corrected chi connectivity index (χ1v) is 11.9. The van der Waals surface area contributed by atoms with E-state index in [1.165, 1.54) is 0 Å². The highest BCUT2D eigenvalue weighted by atomic mass is 35.5. The summed E-state index contributed by atoms with van der Waals surface area (Å²) in [5.74, 6) is 1.22. The minimum atomic E-state index is -0.0858. The standard InChI is InChI=1S/C24H20Cl2N2O3S/c1-30-20-4-2-3-16-12-21(31-22(16)20)24(29)28-9-7-14(8-10-28)23-27-19(13-32-23)15-5-6-17(25)18(26)11-15/h2-6,11-14H,7-10H2,1H3. The lowest BCUT2D eigenvalue weighted by Crippen LogP contribution is -2.37. The molecule has 0 radical (unpaired) electrons. The maximum Gasteiger partial charge on any atom is 0.289 e. The molecule has 2 aromatic carbocycles. The van der Waals surface area contributed by atoms with Crippen LogP contribution in [0.1, 0.15) is 34.3 Å². The van der Waals surface area contributed by atoms with Crippen molar-refractivity contribution in [2.75, 3.05) is 20.2 Å². The zero-order chi connectivity index (χ0) is 22.2. The summed E-state index contributed by atoms with van der Waals surface area (Å²) in [6.45, 7) is 1.33. The molecule has 5 nitrogen and oxygen atoms in total. The Morgan fingerprint density at radius 3 is 2.72 bits per heavy atom. The normalized spacial score (nSPS) is 14.8. The van der Waals surface area contributed by atoms with E-state index < -0.39 is 0 Å². The molecule has 0 bridgehead atoms. The summed E-state index contributed by atoms with van der Waals surface area (Å²) in [7, 11) is 1.59. The summed E-state index contributed by atoms with van der Waals surface area (Å²) in [6, 6.07) is 13.0. The molecule has 32 heavy (non-hydrogen) atoms. The molecular formula is C24H20Cl2N2O3S. The zero-order valence-corrected chi connectivity index (χ0v) is 19.6. The number of piperidine rings is 1. The second-order valence-corrected chi connectivity index (χ2v) is 9.46. The van der Waals surface area contributed by atoms with Crippen LogP contribution in [-0.4, -0.2) is 36.0 Å². The number of ether oxygens (including phenoxy) is 1. The average molecular weight is 487 g/mol. The van der Waals surface area contributed by atoms with Crippen molar-refractivity contribution < 1.29 is 13.9 Å². The maximum absolute atomic E-state index is 13.0. The largest absolute Gasteiger partial charge is 0.493 e. The Hall–Kier alpha value is -2.54. The van der Waals surface area contributed by atoms with Crippen LogP contribution in [0, 0.1) is 0 Å². The van der Waals surface area contributed by atoms with E-state index in [1.54, 1.807) is 30.6 Å². The highest BCUT2D eigenvalue weighted by molar-refractivity contribution is 7.10. The van der Waals surface area contributed by atoms with Crippen molar-refractivity contribution in [2.45, 2.75) is 18.8 Å². The molecule has 2 aromatic heterocycles. The summed E-state index contributed by atoms with van der Waals surface area (Å²) in [4.78, 5) is 19.7. The Kier molecular flexibility index (Phi) is 5.84. The SMILES string of the molecule is COc1cccc2cc(C(=O)N3CCC(c4nc(-c5ccc(Cl)c(Cl)c5)cs4)CC3)oc12. The molecular weight excluding hydrogens is 467 g/mol. The average Bonchev–Trinajstić information content (AvgIpc) is 3.48. The molecule has 0 saturated carbocycles. The van der Waals surface area contributed by atoms with Crippen LogP contribution in [0.4, 0.5) is 0 Å². The monoisotopic (exact) mass is 486 g/mol. The number of carbonyl (C=O) groups excluding carboxylic acids is 1. The number of furan rings is 1. The molecule has 1 saturated heterocycles. The third-order valence-corrected chi connectivity index (χ3v) is 7.55. The third-order valence-electron chi connectivity index (χ3n) is 5.81. The quantitative estimate of drug-likeness (QED) is 0.315. The van der Waals surface area contributed by atoms with E-state index in [0.29, 0.717) is 46.1 Å². The Bertz CT molecular complexity index is 1290. The maximum atomic E-state index is 13.0. The predicted octanol–water partition coefficient (Wildman–Crippen LogP) is 6.89. The summed E-state index contributed by atoms with van der Waals surface area (Å²) < 4.78 is 11.2. The number of nitrogens with zero attached hydrogens (tertiary/aromatic N) is 2.